The van der Waals surface area contributed by atoms with Crippen LogP contribution in [0.5, 0.6) is 0 Å². The number of anilines is 3. The van der Waals surface area contributed by atoms with E-state index in [0.717, 1.165) is 0 Å². The Morgan fingerprint density at radius 3 is 2.22 bits per heavy atom. The summed E-state index contributed by atoms with van der Waals surface area (Å²) in [6.07, 6.45) is 18.0. The Morgan fingerprint density at radius 2 is 1.34 bits per heavy atom. The third-order valence-electron chi connectivity index (χ3n) is 7.29. The van der Waals surface area contributed by atoms with Crippen molar-refractivity contribution in [1.82, 2.24) is 0 Å². The zero-order valence-corrected chi connectivity index (χ0v) is 17.7. The van der Waals surface area contributed by atoms with Gasteiger partial charge in [-0.05, 0) is 58.7 Å². The maximum atomic E-state index is 3.66. The first-order chi connectivity index (χ1) is 15.9. The SMILES string of the molecule is C1=CC2Nc3ccc(-c4ccc5c(c4)C4C=CC=CC4N5c4ccccc4)cc3C2C=C1. The molecule has 7 rings (SSSR count). The normalized spacial score (nSPS) is 25.8. The molecule has 2 heterocycles. The van der Waals surface area contributed by atoms with E-state index >= 15 is 0 Å². The van der Waals surface area contributed by atoms with E-state index in [1.165, 1.54) is 39.3 Å². The van der Waals surface area contributed by atoms with E-state index in [1.54, 1.807) is 0 Å². The van der Waals surface area contributed by atoms with Crippen molar-refractivity contribution < 1.29 is 0 Å². The topological polar surface area (TPSA) is 15.3 Å². The molecule has 0 aromatic heterocycles. The number of nitrogens with zero attached hydrogens (tertiary/aromatic N) is 1. The number of fused-ring (bicyclic) bond motifs is 6. The first kappa shape index (κ1) is 17.9. The van der Waals surface area contributed by atoms with Crippen LogP contribution in [0.15, 0.2) is 115 Å². The lowest BCUT2D eigenvalue weighted by atomic mass is 9.88. The highest BCUT2D eigenvalue weighted by Crippen LogP contribution is 2.49. The van der Waals surface area contributed by atoms with Gasteiger partial charge in [0.25, 0.3) is 0 Å². The predicted octanol–water partition coefficient (Wildman–Crippen LogP) is 7.09. The Hall–Kier alpha value is -3.78. The molecule has 0 amide bonds. The maximum absolute atomic E-state index is 3.66. The molecule has 0 radical (unpaired) electrons. The Morgan fingerprint density at radius 1 is 0.625 bits per heavy atom. The average Bonchev–Trinajstić information content (AvgIpc) is 3.39. The van der Waals surface area contributed by atoms with Gasteiger partial charge in [0, 0.05) is 28.9 Å². The van der Waals surface area contributed by atoms with Gasteiger partial charge in [0.05, 0.1) is 12.1 Å². The molecule has 2 aliphatic heterocycles. The number of para-hydroxylation sites is 1. The van der Waals surface area contributed by atoms with Crippen molar-refractivity contribution in [1.29, 1.82) is 0 Å². The van der Waals surface area contributed by atoms with Gasteiger partial charge in [-0.3, -0.25) is 0 Å². The minimum absolute atomic E-state index is 0.330. The average molecular weight is 413 g/mol. The van der Waals surface area contributed by atoms with Gasteiger partial charge in [-0.1, -0.05) is 78.9 Å². The number of rotatable bonds is 2. The second-order valence-corrected chi connectivity index (χ2v) is 9.03. The molecule has 2 heteroatoms. The van der Waals surface area contributed by atoms with Crippen LogP contribution in [0.3, 0.4) is 0 Å². The van der Waals surface area contributed by atoms with Crippen molar-refractivity contribution in [2.75, 3.05) is 10.2 Å². The van der Waals surface area contributed by atoms with Crippen LogP contribution in [-0.4, -0.2) is 12.1 Å². The Labute approximate surface area is 188 Å². The quantitative estimate of drug-likeness (QED) is 0.483. The van der Waals surface area contributed by atoms with Crippen LogP contribution in [0.2, 0.25) is 0 Å². The third-order valence-corrected chi connectivity index (χ3v) is 7.29. The molecule has 0 fully saturated rings. The first-order valence-corrected chi connectivity index (χ1v) is 11.5. The molecule has 154 valence electrons. The fourth-order valence-corrected chi connectivity index (χ4v) is 5.78. The summed E-state index contributed by atoms with van der Waals surface area (Å²) in [4.78, 5) is 2.49. The van der Waals surface area contributed by atoms with Crippen molar-refractivity contribution >= 4 is 17.1 Å². The van der Waals surface area contributed by atoms with Gasteiger partial charge in [-0.15, -0.1) is 0 Å². The fourth-order valence-electron chi connectivity index (χ4n) is 5.78. The summed E-state index contributed by atoms with van der Waals surface area (Å²) in [6.45, 7) is 0. The van der Waals surface area contributed by atoms with Gasteiger partial charge in [0.1, 0.15) is 0 Å². The number of nitrogens with one attached hydrogen (secondary N) is 1. The molecule has 0 spiro atoms. The number of allylic oxidation sites excluding steroid dienone is 4. The molecule has 4 aliphatic rings. The summed E-state index contributed by atoms with van der Waals surface area (Å²) in [5.74, 6) is 0.802. The Kier molecular flexibility index (Phi) is 3.83. The zero-order chi connectivity index (χ0) is 21.1. The second-order valence-electron chi connectivity index (χ2n) is 9.03. The molecule has 2 nitrogen and oxygen atoms in total. The van der Waals surface area contributed by atoms with Gasteiger partial charge < -0.3 is 10.2 Å². The standard InChI is InChI=1S/C30H24N2/c1-2-8-22(9-3-1)32-29-13-7-5-11-24(29)26-19-21(15-17-30(26)32)20-14-16-28-25(18-20)23-10-4-6-12-27(23)31-28/h1-19,23-24,27,29,31H. The smallest absolute Gasteiger partial charge is 0.0629 e. The van der Waals surface area contributed by atoms with Crippen molar-refractivity contribution in [2.24, 2.45) is 0 Å². The van der Waals surface area contributed by atoms with Gasteiger partial charge in [-0.25, -0.2) is 0 Å². The number of benzene rings is 3. The maximum Gasteiger partial charge on any atom is 0.0629 e. The van der Waals surface area contributed by atoms with Crippen LogP contribution >= 0.6 is 0 Å². The predicted molar refractivity (Wildman–Crippen MR) is 134 cm³/mol. The summed E-state index contributed by atoms with van der Waals surface area (Å²) in [5.41, 5.74) is 9.22. The van der Waals surface area contributed by atoms with E-state index in [2.05, 4.69) is 126 Å². The number of hydrogen-bond donors (Lipinski definition) is 1. The molecule has 4 atom stereocenters. The van der Waals surface area contributed by atoms with E-state index in [4.69, 9.17) is 0 Å². The molecule has 0 saturated heterocycles. The van der Waals surface area contributed by atoms with E-state index < -0.39 is 0 Å². The molecule has 0 bridgehead atoms. The van der Waals surface area contributed by atoms with Gasteiger partial charge in [0.15, 0.2) is 0 Å². The summed E-state index contributed by atoms with van der Waals surface area (Å²) >= 11 is 0. The molecule has 1 N–H and O–H groups in total. The van der Waals surface area contributed by atoms with E-state index in [0.29, 0.717) is 23.9 Å². The third kappa shape index (κ3) is 2.59. The van der Waals surface area contributed by atoms with E-state index in [9.17, 15) is 0 Å². The van der Waals surface area contributed by atoms with Crippen molar-refractivity contribution in [3.63, 3.8) is 0 Å². The molecule has 2 aliphatic carbocycles. The Balaban J connectivity index is 1.32. The fraction of sp³-hybridized carbons (Fsp3) is 0.133. The minimum Gasteiger partial charge on any atom is -0.378 e. The first-order valence-electron chi connectivity index (χ1n) is 11.5. The number of hydrogen-bond acceptors (Lipinski definition) is 2. The molecular weight excluding hydrogens is 388 g/mol. The van der Waals surface area contributed by atoms with Crippen molar-refractivity contribution in [3.05, 3.63) is 126 Å². The van der Waals surface area contributed by atoms with Gasteiger partial charge >= 0.3 is 0 Å². The summed E-state index contributed by atoms with van der Waals surface area (Å²) < 4.78 is 0. The van der Waals surface area contributed by atoms with Gasteiger partial charge in [0.2, 0.25) is 0 Å². The van der Waals surface area contributed by atoms with Crippen LogP contribution in [0, 0.1) is 0 Å². The van der Waals surface area contributed by atoms with Crippen LogP contribution in [0.25, 0.3) is 11.1 Å². The molecule has 3 aromatic rings. The Bertz CT molecular complexity index is 1330. The highest BCUT2D eigenvalue weighted by atomic mass is 15.2. The van der Waals surface area contributed by atoms with Crippen LogP contribution < -0.4 is 10.2 Å². The summed E-state index contributed by atoms with van der Waals surface area (Å²) in [7, 11) is 0. The monoisotopic (exact) mass is 412 g/mol. The minimum atomic E-state index is 0.330. The van der Waals surface area contributed by atoms with Crippen LogP contribution in [0.1, 0.15) is 23.0 Å². The van der Waals surface area contributed by atoms with E-state index in [1.807, 2.05) is 0 Å². The largest absolute Gasteiger partial charge is 0.378 e. The molecule has 4 unspecified atom stereocenters. The van der Waals surface area contributed by atoms with Crippen LogP contribution in [0.4, 0.5) is 17.1 Å². The second kappa shape index (κ2) is 6.86. The molecular formula is C30H24N2. The highest BCUT2D eigenvalue weighted by Gasteiger charge is 2.37. The lowest BCUT2D eigenvalue weighted by Gasteiger charge is -2.28. The molecule has 3 aromatic carbocycles. The van der Waals surface area contributed by atoms with E-state index in [-0.39, 0.29) is 0 Å². The van der Waals surface area contributed by atoms with Crippen molar-refractivity contribution in [2.45, 2.75) is 23.9 Å². The molecule has 32 heavy (non-hydrogen) atoms. The van der Waals surface area contributed by atoms with Crippen molar-refractivity contribution in [3.8, 4) is 11.1 Å². The summed E-state index contributed by atoms with van der Waals surface area (Å²) in [5, 5.41) is 3.66. The lowest BCUT2D eigenvalue weighted by molar-refractivity contribution is 0.745. The van der Waals surface area contributed by atoms with Crippen LogP contribution in [-0.2, 0) is 0 Å². The zero-order valence-electron chi connectivity index (χ0n) is 17.7. The lowest BCUT2D eigenvalue weighted by Crippen LogP contribution is -2.28. The molecule has 0 saturated carbocycles. The van der Waals surface area contributed by atoms with Gasteiger partial charge in [-0.2, -0.15) is 0 Å². The highest BCUT2D eigenvalue weighted by molar-refractivity contribution is 5.80. The summed E-state index contributed by atoms with van der Waals surface area (Å²) in [6, 6.07) is 25.4.